The van der Waals surface area contributed by atoms with Crippen molar-refractivity contribution in [2.45, 2.75) is 0 Å². The molecule has 0 radical (unpaired) electrons. The number of carbonyl (C=O) groups is 1. The number of nitrogens with one attached hydrogen (secondary N) is 2. The number of rotatable bonds is 2. The summed E-state index contributed by atoms with van der Waals surface area (Å²) >= 11 is 15.0. The fourth-order valence-corrected chi connectivity index (χ4v) is 2.28. The molecule has 2 aromatic carbocycles. The molecule has 4 nitrogen and oxygen atoms in total. The van der Waals surface area contributed by atoms with Crippen molar-refractivity contribution in [3.05, 3.63) is 50.9 Å². The second-order valence-electron chi connectivity index (χ2n) is 3.95. The number of carbonyl (C=O) groups excluding carboxylic acids is 1. The van der Waals surface area contributed by atoms with E-state index in [9.17, 15) is 4.79 Å². The molecule has 0 bridgehead atoms. The first-order valence-corrected chi connectivity index (χ1v) is 7.08. The summed E-state index contributed by atoms with van der Waals surface area (Å²) in [5.41, 5.74) is 7.38. The van der Waals surface area contributed by atoms with Crippen LogP contribution in [0, 0.1) is 0 Å². The standard InChI is InChI=1S/C13H10BrCl2N3O/c14-9-5-7(17)1-4-12(9)19-13(20)18-8-2-3-10(15)11(16)6-8/h1-6H,17H2,(H2,18,19,20). The van der Waals surface area contributed by atoms with E-state index in [1.165, 1.54) is 0 Å². The Kier molecular flexibility index (Phi) is 4.75. The highest BCUT2D eigenvalue weighted by atomic mass is 79.9. The topological polar surface area (TPSA) is 67.1 Å². The molecule has 7 heteroatoms. The molecule has 0 heterocycles. The van der Waals surface area contributed by atoms with Gasteiger partial charge in [0.1, 0.15) is 0 Å². The van der Waals surface area contributed by atoms with E-state index in [1.54, 1.807) is 36.4 Å². The number of nitrogen functional groups attached to an aromatic ring is 1. The Morgan fingerprint density at radius 3 is 2.45 bits per heavy atom. The van der Waals surface area contributed by atoms with Gasteiger partial charge in [-0.2, -0.15) is 0 Å². The van der Waals surface area contributed by atoms with Gasteiger partial charge in [-0.1, -0.05) is 23.2 Å². The molecule has 0 saturated carbocycles. The molecule has 0 spiro atoms. The van der Waals surface area contributed by atoms with Gasteiger partial charge in [-0.05, 0) is 52.3 Å². The van der Waals surface area contributed by atoms with Gasteiger partial charge in [-0.15, -0.1) is 0 Å². The molecular formula is C13H10BrCl2N3O. The molecule has 20 heavy (non-hydrogen) atoms. The number of hydrogen-bond acceptors (Lipinski definition) is 2. The molecule has 0 aliphatic carbocycles. The average molecular weight is 375 g/mol. The first kappa shape index (κ1) is 15.0. The van der Waals surface area contributed by atoms with E-state index in [0.717, 1.165) is 0 Å². The second-order valence-corrected chi connectivity index (χ2v) is 5.62. The van der Waals surface area contributed by atoms with Gasteiger partial charge in [0.15, 0.2) is 0 Å². The minimum absolute atomic E-state index is 0.373. The van der Waals surface area contributed by atoms with Crippen LogP contribution in [-0.2, 0) is 0 Å². The normalized spacial score (nSPS) is 10.2. The molecule has 0 aliphatic heterocycles. The monoisotopic (exact) mass is 373 g/mol. The van der Waals surface area contributed by atoms with Crippen LogP contribution in [0.2, 0.25) is 10.0 Å². The van der Waals surface area contributed by atoms with Gasteiger partial charge in [0.2, 0.25) is 0 Å². The van der Waals surface area contributed by atoms with E-state index in [2.05, 4.69) is 26.6 Å². The van der Waals surface area contributed by atoms with E-state index >= 15 is 0 Å². The van der Waals surface area contributed by atoms with Crippen molar-refractivity contribution in [2.24, 2.45) is 0 Å². The summed E-state index contributed by atoms with van der Waals surface area (Å²) in [6.07, 6.45) is 0. The summed E-state index contributed by atoms with van der Waals surface area (Å²) in [4.78, 5) is 11.9. The number of urea groups is 1. The number of nitrogens with two attached hydrogens (primary N) is 1. The Morgan fingerprint density at radius 2 is 1.80 bits per heavy atom. The smallest absolute Gasteiger partial charge is 0.323 e. The van der Waals surface area contributed by atoms with E-state index < -0.39 is 6.03 Å². The highest BCUT2D eigenvalue weighted by molar-refractivity contribution is 9.10. The highest BCUT2D eigenvalue weighted by Gasteiger charge is 2.07. The number of halogens is 3. The Hall–Kier alpha value is -1.43. The van der Waals surface area contributed by atoms with Crippen LogP contribution in [0.15, 0.2) is 40.9 Å². The van der Waals surface area contributed by atoms with Crippen molar-refractivity contribution < 1.29 is 4.79 Å². The molecule has 0 saturated heterocycles. The summed E-state index contributed by atoms with van der Waals surface area (Å²) in [5.74, 6) is 0. The summed E-state index contributed by atoms with van der Waals surface area (Å²) in [7, 11) is 0. The number of anilines is 3. The second kappa shape index (κ2) is 6.35. The maximum atomic E-state index is 11.9. The number of benzene rings is 2. The Balaban J connectivity index is 2.07. The molecule has 0 aliphatic rings. The predicted octanol–water partition coefficient (Wildman–Crippen LogP) is 4.98. The summed E-state index contributed by atoms with van der Waals surface area (Å²) in [6, 6.07) is 9.54. The molecule has 2 aromatic rings. The number of hydrogen-bond donors (Lipinski definition) is 3. The zero-order valence-corrected chi connectivity index (χ0v) is 13.2. The highest BCUT2D eigenvalue weighted by Crippen LogP contribution is 2.26. The van der Waals surface area contributed by atoms with E-state index in [1.807, 2.05) is 0 Å². The van der Waals surface area contributed by atoms with Gasteiger partial charge >= 0.3 is 6.03 Å². The van der Waals surface area contributed by atoms with Crippen LogP contribution in [0.5, 0.6) is 0 Å². The molecule has 104 valence electrons. The molecule has 0 aromatic heterocycles. The summed E-state index contributed by atoms with van der Waals surface area (Å²) in [5, 5.41) is 6.15. The molecule has 4 N–H and O–H groups in total. The van der Waals surface area contributed by atoms with Gasteiger partial charge in [0.25, 0.3) is 0 Å². The van der Waals surface area contributed by atoms with Crippen molar-refractivity contribution in [1.29, 1.82) is 0 Å². The van der Waals surface area contributed by atoms with Gasteiger partial charge in [0, 0.05) is 15.8 Å². The predicted molar refractivity (Wildman–Crippen MR) is 87.7 cm³/mol. The van der Waals surface area contributed by atoms with Crippen LogP contribution in [0.3, 0.4) is 0 Å². The fourth-order valence-electron chi connectivity index (χ4n) is 1.49. The fraction of sp³-hybridized carbons (Fsp3) is 0. The molecule has 0 unspecified atom stereocenters. The lowest BCUT2D eigenvalue weighted by Gasteiger charge is -2.10. The maximum absolute atomic E-state index is 11.9. The van der Waals surface area contributed by atoms with Gasteiger partial charge < -0.3 is 16.4 Å². The van der Waals surface area contributed by atoms with Crippen LogP contribution in [-0.4, -0.2) is 6.03 Å². The molecule has 0 atom stereocenters. The minimum atomic E-state index is -0.395. The lowest BCUT2D eigenvalue weighted by atomic mass is 10.3. The van der Waals surface area contributed by atoms with Gasteiger partial charge in [0.05, 0.1) is 15.7 Å². The van der Waals surface area contributed by atoms with Crippen molar-refractivity contribution in [2.75, 3.05) is 16.4 Å². The van der Waals surface area contributed by atoms with Crippen LogP contribution >= 0.6 is 39.1 Å². The maximum Gasteiger partial charge on any atom is 0.323 e. The third-order valence-electron chi connectivity index (χ3n) is 2.42. The van der Waals surface area contributed by atoms with Crippen LogP contribution < -0.4 is 16.4 Å². The Morgan fingerprint density at radius 1 is 1.05 bits per heavy atom. The minimum Gasteiger partial charge on any atom is -0.399 e. The average Bonchev–Trinajstić information content (AvgIpc) is 2.37. The molecule has 2 amide bonds. The number of amides is 2. The van der Waals surface area contributed by atoms with Crippen molar-refractivity contribution in [3.8, 4) is 0 Å². The summed E-state index contributed by atoms with van der Waals surface area (Å²) in [6.45, 7) is 0. The van der Waals surface area contributed by atoms with Crippen molar-refractivity contribution in [3.63, 3.8) is 0 Å². The van der Waals surface area contributed by atoms with E-state index in [4.69, 9.17) is 28.9 Å². The van der Waals surface area contributed by atoms with Crippen molar-refractivity contribution >= 4 is 62.2 Å². The zero-order valence-electron chi connectivity index (χ0n) is 10.1. The van der Waals surface area contributed by atoms with Gasteiger partial charge in [-0.3, -0.25) is 0 Å². The van der Waals surface area contributed by atoms with Crippen LogP contribution in [0.25, 0.3) is 0 Å². The first-order valence-electron chi connectivity index (χ1n) is 5.54. The first-order chi connectivity index (χ1) is 9.45. The Bertz CT molecular complexity index is 664. The largest absolute Gasteiger partial charge is 0.399 e. The molecule has 0 fully saturated rings. The SMILES string of the molecule is Nc1ccc(NC(=O)Nc2ccc(Cl)c(Cl)c2)c(Br)c1. The summed E-state index contributed by atoms with van der Waals surface area (Å²) < 4.78 is 0.696. The van der Waals surface area contributed by atoms with E-state index in [-0.39, 0.29) is 0 Å². The molecule has 2 rings (SSSR count). The van der Waals surface area contributed by atoms with Crippen molar-refractivity contribution in [1.82, 2.24) is 0 Å². The lowest BCUT2D eigenvalue weighted by Crippen LogP contribution is -2.19. The van der Waals surface area contributed by atoms with Gasteiger partial charge in [-0.25, -0.2) is 4.79 Å². The third-order valence-corrected chi connectivity index (χ3v) is 3.81. The molecular weight excluding hydrogens is 365 g/mol. The Labute approximate surface area is 134 Å². The van der Waals surface area contributed by atoms with E-state index in [0.29, 0.717) is 31.6 Å². The lowest BCUT2D eigenvalue weighted by molar-refractivity contribution is 0.262. The van der Waals surface area contributed by atoms with Crippen LogP contribution in [0.1, 0.15) is 0 Å². The zero-order chi connectivity index (χ0) is 14.7. The third kappa shape index (κ3) is 3.79. The quantitative estimate of drug-likeness (QED) is 0.648. The van der Waals surface area contributed by atoms with Crippen LogP contribution in [0.4, 0.5) is 21.9 Å².